The van der Waals surface area contributed by atoms with Crippen molar-refractivity contribution in [2.45, 2.75) is 19.8 Å². The number of hydrogen-bond donors (Lipinski definition) is 1. The van der Waals surface area contributed by atoms with Crippen molar-refractivity contribution in [3.63, 3.8) is 0 Å². The topological polar surface area (TPSA) is 42.7 Å². The van der Waals surface area contributed by atoms with Crippen LogP contribution in [0.25, 0.3) is 16.9 Å². The zero-order valence-electron chi connectivity index (χ0n) is 12.8. The average molecular weight is 292 g/mol. The predicted molar refractivity (Wildman–Crippen MR) is 88.3 cm³/mol. The van der Waals surface area contributed by atoms with Gasteiger partial charge in [-0.15, -0.1) is 0 Å². The van der Waals surface area contributed by atoms with Crippen LogP contribution in [0.15, 0.2) is 42.6 Å². The van der Waals surface area contributed by atoms with E-state index in [4.69, 9.17) is 4.98 Å². The average Bonchev–Trinajstić information content (AvgIpc) is 3.14. The Morgan fingerprint density at radius 3 is 3.05 bits per heavy atom. The van der Waals surface area contributed by atoms with Gasteiger partial charge in [0, 0.05) is 18.3 Å². The number of aryl methyl sites for hydroxylation is 1. The summed E-state index contributed by atoms with van der Waals surface area (Å²) in [6, 6.07) is 12.6. The Bertz CT molecular complexity index is 800. The van der Waals surface area contributed by atoms with Crippen LogP contribution in [0.5, 0.6) is 0 Å². The molecule has 1 unspecified atom stereocenters. The molecule has 4 rings (SSSR count). The maximum absolute atomic E-state index is 4.85. The van der Waals surface area contributed by atoms with Crippen molar-refractivity contribution < 1.29 is 0 Å². The van der Waals surface area contributed by atoms with Crippen molar-refractivity contribution in [3.05, 3.63) is 54.0 Å². The highest BCUT2D eigenvalue weighted by molar-refractivity contribution is 5.73. The Kier molecular flexibility index (Phi) is 3.39. The maximum Gasteiger partial charge on any atom is 0.164 e. The lowest BCUT2D eigenvalue weighted by molar-refractivity contribution is 0.558. The number of aromatic nitrogens is 3. The summed E-state index contributed by atoms with van der Waals surface area (Å²) < 4.78 is 2.22. The Hall–Kier alpha value is -2.20. The highest BCUT2D eigenvalue weighted by Gasteiger charge is 2.20. The number of nitrogens with one attached hydrogen (secondary N) is 1. The normalized spacial score (nSPS) is 18.1. The first-order chi connectivity index (χ1) is 10.8. The minimum atomic E-state index is 0.667. The summed E-state index contributed by atoms with van der Waals surface area (Å²) in [5.41, 5.74) is 4.34. The predicted octanol–water partition coefficient (Wildman–Crippen LogP) is 2.88. The fourth-order valence-electron chi connectivity index (χ4n) is 3.28. The Balaban J connectivity index is 1.85. The second-order valence-corrected chi connectivity index (χ2v) is 6.11. The molecular weight excluding hydrogens is 272 g/mol. The van der Waals surface area contributed by atoms with E-state index in [0.717, 1.165) is 42.2 Å². The van der Waals surface area contributed by atoms with Crippen molar-refractivity contribution in [2.75, 3.05) is 13.1 Å². The Labute approximate surface area is 130 Å². The van der Waals surface area contributed by atoms with E-state index in [1.165, 1.54) is 12.0 Å². The van der Waals surface area contributed by atoms with Crippen LogP contribution in [0, 0.1) is 12.8 Å². The zero-order valence-corrected chi connectivity index (χ0v) is 12.8. The van der Waals surface area contributed by atoms with E-state index in [1.54, 1.807) is 0 Å². The molecule has 112 valence electrons. The molecule has 1 aliphatic heterocycles. The number of benzene rings is 1. The van der Waals surface area contributed by atoms with Gasteiger partial charge in [0.15, 0.2) is 5.65 Å². The van der Waals surface area contributed by atoms with Crippen molar-refractivity contribution in [3.8, 4) is 5.69 Å². The summed E-state index contributed by atoms with van der Waals surface area (Å²) in [6.07, 6.45) is 4.07. The first kappa shape index (κ1) is 13.5. The van der Waals surface area contributed by atoms with Gasteiger partial charge in [0.25, 0.3) is 0 Å². The van der Waals surface area contributed by atoms with Gasteiger partial charge < -0.3 is 5.32 Å². The highest BCUT2D eigenvalue weighted by Crippen LogP contribution is 2.24. The Morgan fingerprint density at radius 2 is 2.23 bits per heavy atom. The van der Waals surface area contributed by atoms with Crippen LogP contribution >= 0.6 is 0 Å². The molecule has 4 nitrogen and oxygen atoms in total. The van der Waals surface area contributed by atoms with E-state index < -0.39 is 0 Å². The molecule has 0 spiro atoms. The van der Waals surface area contributed by atoms with E-state index in [1.807, 2.05) is 18.3 Å². The van der Waals surface area contributed by atoms with Gasteiger partial charge in [0.05, 0.1) is 0 Å². The summed E-state index contributed by atoms with van der Waals surface area (Å²) in [5, 5.41) is 3.44. The van der Waals surface area contributed by atoms with Crippen molar-refractivity contribution in [1.29, 1.82) is 0 Å². The van der Waals surface area contributed by atoms with Crippen LogP contribution in [0.3, 0.4) is 0 Å². The van der Waals surface area contributed by atoms with Crippen LogP contribution in [-0.2, 0) is 6.42 Å². The van der Waals surface area contributed by atoms with Gasteiger partial charge in [0.2, 0.25) is 0 Å². The van der Waals surface area contributed by atoms with Crippen molar-refractivity contribution in [1.82, 2.24) is 19.9 Å². The summed E-state index contributed by atoms with van der Waals surface area (Å²) >= 11 is 0. The number of fused-ring (bicyclic) bond motifs is 1. The summed E-state index contributed by atoms with van der Waals surface area (Å²) in [7, 11) is 0. The van der Waals surface area contributed by atoms with Gasteiger partial charge in [-0.3, -0.25) is 4.57 Å². The SMILES string of the molecule is Cc1cccc(-n2c(CC3CCNC3)nc3cccnc32)c1. The van der Waals surface area contributed by atoms with E-state index >= 15 is 0 Å². The van der Waals surface area contributed by atoms with Crippen LogP contribution in [0.2, 0.25) is 0 Å². The molecule has 0 amide bonds. The number of hydrogen-bond acceptors (Lipinski definition) is 3. The number of rotatable bonds is 3. The second-order valence-electron chi connectivity index (χ2n) is 6.11. The molecule has 0 aliphatic carbocycles. The van der Waals surface area contributed by atoms with Gasteiger partial charge >= 0.3 is 0 Å². The van der Waals surface area contributed by atoms with Gasteiger partial charge in [-0.25, -0.2) is 9.97 Å². The lowest BCUT2D eigenvalue weighted by atomic mass is 10.0. The van der Waals surface area contributed by atoms with E-state index in [2.05, 4.69) is 46.1 Å². The molecule has 0 radical (unpaired) electrons. The smallest absolute Gasteiger partial charge is 0.164 e. The first-order valence-electron chi connectivity index (χ1n) is 7.91. The minimum Gasteiger partial charge on any atom is -0.316 e. The minimum absolute atomic E-state index is 0.667. The monoisotopic (exact) mass is 292 g/mol. The third kappa shape index (κ3) is 2.40. The highest BCUT2D eigenvalue weighted by atomic mass is 15.1. The van der Waals surface area contributed by atoms with Crippen molar-refractivity contribution in [2.24, 2.45) is 5.92 Å². The Morgan fingerprint density at radius 1 is 1.27 bits per heavy atom. The third-order valence-corrected chi connectivity index (χ3v) is 4.38. The second kappa shape index (κ2) is 5.54. The van der Waals surface area contributed by atoms with E-state index in [0.29, 0.717) is 5.92 Å². The molecule has 22 heavy (non-hydrogen) atoms. The zero-order chi connectivity index (χ0) is 14.9. The molecule has 1 aliphatic rings. The number of nitrogens with zero attached hydrogens (tertiary/aromatic N) is 3. The van der Waals surface area contributed by atoms with Crippen molar-refractivity contribution >= 4 is 11.2 Å². The largest absolute Gasteiger partial charge is 0.316 e. The third-order valence-electron chi connectivity index (χ3n) is 4.38. The van der Waals surface area contributed by atoms with E-state index in [9.17, 15) is 0 Å². The van der Waals surface area contributed by atoms with Gasteiger partial charge in [0.1, 0.15) is 11.3 Å². The number of pyridine rings is 1. The molecule has 1 fully saturated rings. The molecule has 1 N–H and O–H groups in total. The van der Waals surface area contributed by atoms with E-state index in [-0.39, 0.29) is 0 Å². The molecule has 1 aromatic carbocycles. The van der Waals surface area contributed by atoms with Gasteiger partial charge in [-0.2, -0.15) is 0 Å². The molecular formula is C18H20N4. The molecule has 3 heterocycles. The summed E-state index contributed by atoms with van der Waals surface area (Å²) in [6.45, 7) is 4.33. The molecule has 2 aromatic heterocycles. The van der Waals surface area contributed by atoms with Gasteiger partial charge in [-0.05, 0) is 62.2 Å². The fraction of sp³-hybridized carbons (Fsp3) is 0.333. The van der Waals surface area contributed by atoms with Crippen LogP contribution in [0.4, 0.5) is 0 Å². The molecule has 0 bridgehead atoms. The first-order valence-corrected chi connectivity index (χ1v) is 7.91. The molecule has 0 saturated carbocycles. The van der Waals surface area contributed by atoms with Gasteiger partial charge in [-0.1, -0.05) is 12.1 Å². The van der Waals surface area contributed by atoms with Crippen LogP contribution in [0.1, 0.15) is 17.8 Å². The summed E-state index contributed by atoms with van der Waals surface area (Å²) in [4.78, 5) is 9.42. The summed E-state index contributed by atoms with van der Waals surface area (Å²) in [5.74, 6) is 1.79. The molecule has 1 saturated heterocycles. The standard InChI is InChI=1S/C18H20N4/c1-13-4-2-5-15(10-13)22-17(11-14-7-9-19-12-14)21-16-6-3-8-20-18(16)22/h2-6,8,10,14,19H,7,9,11-12H2,1H3. The fourth-order valence-corrected chi connectivity index (χ4v) is 3.28. The molecule has 1 atom stereocenters. The van der Waals surface area contributed by atoms with Crippen LogP contribution < -0.4 is 5.32 Å². The molecule has 4 heteroatoms. The lowest BCUT2D eigenvalue weighted by Crippen LogP contribution is -2.13. The van der Waals surface area contributed by atoms with Crippen LogP contribution in [-0.4, -0.2) is 27.6 Å². The number of imidazole rings is 1. The molecule has 3 aromatic rings. The maximum atomic E-state index is 4.85. The lowest BCUT2D eigenvalue weighted by Gasteiger charge is -2.12. The quantitative estimate of drug-likeness (QED) is 0.807.